The lowest BCUT2D eigenvalue weighted by Crippen LogP contribution is -2.52. The lowest BCUT2D eigenvalue weighted by atomic mass is 9.93. The summed E-state index contributed by atoms with van der Waals surface area (Å²) in [5, 5.41) is 2.27. The molecule has 2 heterocycles. The summed E-state index contributed by atoms with van der Waals surface area (Å²) in [4.78, 5) is 36.7. The highest BCUT2D eigenvalue weighted by Crippen LogP contribution is 2.26. The number of fused-ring (bicyclic) bond motifs is 1. The SMILES string of the molecule is [B]c1ccc2c(c1)C(=O)N(C1CCC(=O)NC1=O)C2. The molecule has 0 aromatic heterocycles. The minimum atomic E-state index is -0.571. The summed E-state index contributed by atoms with van der Waals surface area (Å²) in [5.74, 6) is -0.878. The molecule has 3 rings (SSSR count). The van der Waals surface area contributed by atoms with Gasteiger partial charge in [-0.3, -0.25) is 19.7 Å². The predicted molar refractivity (Wildman–Crippen MR) is 67.9 cm³/mol. The fourth-order valence-corrected chi connectivity index (χ4v) is 2.57. The van der Waals surface area contributed by atoms with E-state index in [1.807, 2.05) is 0 Å². The van der Waals surface area contributed by atoms with Crippen LogP contribution in [0.4, 0.5) is 0 Å². The van der Waals surface area contributed by atoms with Crippen molar-refractivity contribution in [2.75, 3.05) is 0 Å². The van der Waals surface area contributed by atoms with Crippen LogP contribution in [0.1, 0.15) is 28.8 Å². The maximum absolute atomic E-state index is 12.3. The second-order valence-corrected chi connectivity index (χ2v) is 4.82. The molecule has 94 valence electrons. The Morgan fingerprint density at radius 1 is 1.26 bits per heavy atom. The van der Waals surface area contributed by atoms with Crippen molar-refractivity contribution in [3.05, 3.63) is 29.3 Å². The quantitative estimate of drug-likeness (QED) is 0.529. The summed E-state index contributed by atoms with van der Waals surface area (Å²) in [6.07, 6.45) is 0.637. The van der Waals surface area contributed by atoms with Gasteiger partial charge in [0.1, 0.15) is 13.9 Å². The van der Waals surface area contributed by atoms with Crippen molar-refractivity contribution >= 4 is 31.0 Å². The highest BCUT2D eigenvalue weighted by Gasteiger charge is 2.38. The van der Waals surface area contributed by atoms with Gasteiger partial charge in [-0.2, -0.15) is 0 Å². The van der Waals surface area contributed by atoms with E-state index in [9.17, 15) is 14.4 Å². The third-order valence-electron chi connectivity index (χ3n) is 3.55. The molecule has 5 nitrogen and oxygen atoms in total. The standard InChI is InChI=1S/C13H11BN2O3/c14-8-2-1-7-6-16(13(19)9(7)5-8)10-3-4-11(17)15-12(10)18/h1-2,5,10H,3-4,6H2,(H,15,17,18). The highest BCUT2D eigenvalue weighted by atomic mass is 16.2. The van der Waals surface area contributed by atoms with Crippen LogP contribution in [0.15, 0.2) is 18.2 Å². The summed E-state index contributed by atoms with van der Waals surface area (Å²) in [6.45, 7) is 0.390. The number of rotatable bonds is 1. The minimum absolute atomic E-state index is 0.197. The van der Waals surface area contributed by atoms with Gasteiger partial charge >= 0.3 is 0 Å². The molecule has 1 aromatic rings. The summed E-state index contributed by atoms with van der Waals surface area (Å²) in [6, 6.07) is 4.59. The highest BCUT2D eigenvalue weighted by molar-refractivity contribution is 6.32. The Balaban J connectivity index is 1.88. The number of piperidine rings is 1. The third-order valence-corrected chi connectivity index (χ3v) is 3.55. The third kappa shape index (κ3) is 1.93. The molecule has 3 amide bonds. The number of amides is 3. The average molecular weight is 254 g/mol. The molecule has 1 N–H and O–H groups in total. The van der Waals surface area contributed by atoms with E-state index in [1.54, 1.807) is 18.2 Å². The van der Waals surface area contributed by atoms with Gasteiger partial charge in [-0.25, -0.2) is 0 Å². The number of nitrogens with zero attached hydrogens (tertiary/aromatic N) is 1. The molecule has 2 aliphatic rings. The number of hydrogen-bond acceptors (Lipinski definition) is 3. The van der Waals surface area contributed by atoms with Crippen LogP contribution in [-0.2, 0) is 16.1 Å². The molecule has 19 heavy (non-hydrogen) atoms. The minimum Gasteiger partial charge on any atom is -0.322 e. The average Bonchev–Trinajstić information content (AvgIpc) is 2.67. The Hall–Kier alpha value is -2.11. The van der Waals surface area contributed by atoms with Crippen molar-refractivity contribution in [2.24, 2.45) is 0 Å². The summed E-state index contributed by atoms with van der Waals surface area (Å²) in [7, 11) is 5.67. The summed E-state index contributed by atoms with van der Waals surface area (Å²) < 4.78 is 0. The second-order valence-electron chi connectivity index (χ2n) is 4.82. The molecule has 2 radical (unpaired) electrons. The van der Waals surface area contributed by atoms with E-state index in [1.165, 1.54) is 4.90 Å². The van der Waals surface area contributed by atoms with Gasteiger partial charge in [0.05, 0.1) is 0 Å². The first-order valence-corrected chi connectivity index (χ1v) is 6.09. The van der Waals surface area contributed by atoms with E-state index >= 15 is 0 Å². The van der Waals surface area contributed by atoms with Crippen LogP contribution in [0, 0.1) is 0 Å². The van der Waals surface area contributed by atoms with E-state index in [0.717, 1.165) is 5.56 Å². The molecule has 1 atom stereocenters. The van der Waals surface area contributed by atoms with Crippen LogP contribution in [0.3, 0.4) is 0 Å². The van der Waals surface area contributed by atoms with Crippen LogP contribution >= 0.6 is 0 Å². The first kappa shape index (κ1) is 12.0. The Bertz CT molecular complexity index is 600. The normalized spacial score (nSPS) is 22.4. The zero-order valence-corrected chi connectivity index (χ0v) is 10.2. The first-order chi connectivity index (χ1) is 9.06. The first-order valence-electron chi connectivity index (χ1n) is 6.09. The Morgan fingerprint density at radius 3 is 2.79 bits per heavy atom. The maximum Gasteiger partial charge on any atom is 0.255 e. The van der Waals surface area contributed by atoms with Crippen LogP contribution in [0.25, 0.3) is 0 Å². The zero-order valence-electron chi connectivity index (χ0n) is 10.2. The molecule has 6 heteroatoms. The van der Waals surface area contributed by atoms with Crippen LogP contribution < -0.4 is 10.8 Å². The van der Waals surface area contributed by atoms with Gasteiger partial charge < -0.3 is 4.90 Å². The monoisotopic (exact) mass is 254 g/mol. The molecular weight excluding hydrogens is 243 g/mol. The van der Waals surface area contributed by atoms with Gasteiger partial charge in [0.25, 0.3) is 5.91 Å². The van der Waals surface area contributed by atoms with Crippen molar-refractivity contribution in [1.82, 2.24) is 10.2 Å². The second kappa shape index (κ2) is 4.22. The van der Waals surface area contributed by atoms with Crippen molar-refractivity contribution in [2.45, 2.75) is 25.4 Å². The number of carbonyl (C=O) groups excluding carboxylic acids is 3. The fourth-order valence-electron chi connectivity index (χ4n) is 2.57. The van der Waals surface area contributed by atoms with E-state index in [0.29, 0.717) is 24.0 Å². The zero-order chi connectivity index (χ0) is 13.6. The fraction of sp³-hybridized carbons (Fsp3) is 0.308. The molecule has 1 saturated heterocycles. The Labute approximate surface area is 111 Å². The molecule has 0 bridgehead atoms. The molecule has 2 aliphatic heterocycles. The maximum atomic E-state index is 12.3. The van der Waals surface area contributed by atoms with Gasteiger partial charge in [0.2, 0.25) is 11.8 Å². The lowest BCUT2D eigenvalue weighted by molar-refractivity contribution is -0.136. The molecule has 1 aromatic carbocycles. The van der Waals surface area contributed by atoms with Crippen molar-refractivity contribution in [3.8, 4) is 0 Å². The van der Waals surface area contributed by atoms with Gasteiger partial charge in [-0.1, -0.05) is 23.7 Å². The van der Waals surface area contributed by atoms with E-state index in [2.05, 4.69) is 5.32 Å². The number of imide groups is 1. The van der Waals surface area contributed by atoms with Gasteiger partial charge in [0.15, 0.2) is 0 Å². The molecule has 0 spiro atoms. The van der Waals surface area contributed by atoms with Crippen LogP contribution in [0.5, 0.6) is 0 Å². The van der Waals surface area contributed by atoms with Crippen molar-refractivity contribution in [3.63, 3.8) is 0 Å². The van der Waals surface area contributed by atoms with Crippen molar-refractivity contribution in [1.29, 1.82) is 0 Å². The molecule has 0 saturated carbocycles. The summed E-state index contributed by atoms with van der Waals surface area (Å²) in [5.41, 5.74) is 1.94. The number of carbonyl (C=O) groups is 3. The molecule has 1 unspecified atom stereocenters. The van der Waals surface area contributed by atoms with Crippen molar-refractivity contribution < 1.29 is 14.4 Å². The molecule has 0 aliphatic carbocycles. The Morgan fingerprint density at radius 2 is 2.05 bits per heavy atom. The number of hydrogen-bond donors (Lipinski definition) is 1. The molecular formula is C13H11BN2O3. The molecule has 1 fully saturated rings. The predicted octanol–water partition coefficient (Wildman–Crippen LogP) is -0.759. The smallest absolute Gasteiger partial charge is 0.255 e. The largest absolute Gasteiger partial charge is 0.322 e. The topological polar surface area (TPSA) is 66.5 Å². The van der Waals surface area contributed by atoms with E-state index in [-0.39, 0.29) is 18.2 Å². The Kier molecular flexibility index (Phi) is 2.66. The van der Waals surface area contributed by atoms with Gasteiger partial charge in [-0.15, -0.1) is 0 Å². The number of benzene rings is 1. The van der Waals surface area contributed by atoms with Gasteiger partial charge in [0, 0.05) is 18.5 Å². The van der Waals surface area contributed by atoms with E-state index < -0.39 is 11.9 Å². The lowest BCUT2D eigenvalue weighted by Gasteiger charge is -2.29. The van der Waals surface area contributed by atoms with Crippen LogP contribution in [-0.4, -0.2) is 36.5 Å². The van der Waals surface area contributed by atoms with Crippen LogP contribution in [0.2, 0.25) is 0 Å². The van der Waals surface area contributed by atoms with E-state index in [4.69, 9.17) is 7.85 Å². The number of nitrogens with one attached hydrogen (secondary N) is 1. The van der Waals surface area contributed by atoms with Gasteiger partial charge in [-0.05, 0) is 12.0 Å². The summed E-state index contributed by atoms with van der Waals surface area (Å²) >= 11 is 0.